The molecule has 0 aromatic heterocycles. The number of hydrogen-bond acceptors (Lipinski definition) is 4. The smallest absolute Gasteiger partial charge is 0.264 e. The van der Waals surface area contributed by atoms with Crippen molar-refractivity contribution in [1.29, 1.82) is 0 Å². The Labute approximate surface area is 148 Å². The van der Waals surface area contributed by atoms with E-state index in [2.05, 4.69) is 26.6 Å². The van der Waals surface area contributed by atoms with Gasteiger partial charge in [0.25, 0.3) is 5.91 Å². The van der Waals surface area contributed by atoms with Crippen LogP contribution in [0, 0.1) is 0 Å². The van der Waals surface area contributed by atoms with Crippen LogP contribution in [-0.4, -0.2) is 25.2 Å². The molecule has 0 bridgehead atoms. The number of thiocarbonyl (C=S) groups is 1. The van der Waals surface area contributed by atoms with E-state index in [4.69, 9.17) is 21.7 Å². The standard InChI is InChI=1S/C16H15BrN2O3S/c1-21-12-7-4-8-13(22-2)14(12)15(20)19-16(23)18-11-6-3-5-10(17)9-11/h3-9H,1-2H3,(H2,18,19,20,23). The van der Waals surface area contributed by atoms with Gasteiger partial charge in [0.1, 0.15) is 17.1 Å². The van der Waals surface area contributed by atoms with E-state index >= 15 is 0 Å². The number of carbonyl (C=O) groups is 1. The minimum Gasteiger partial charge on any atom is -0.496 e. The summed E-state index contributed by atoms with van der Waals surface area (Å²) in [5.41, 5.74) is 1.05. The Morgan fingerprint density at radius 1 is 1.09 bits per heavy atom. The zero-order chi connectivity index (χ0) is 16.8. The Hall–Kier alpha value is -2.12. The molecule has 120 valence electrons. The lowest BCUT2D eigenvalue weighted by atomic mass is 10.1. The van der Waals surface area contributed by atoms with Crippen molar-refractivity contribution in [2.24, 2.45) is 0 Å². The van der Waals surface area contributed by atoms with Gasteiger partial charge in [-0.3, -0.25) is 10.1 Å². The lowest BCUT2D eigenvalue weighted by Gasteiger charge is -2.14. The molecular weight excluding hydrogens is 380 g/mol. The molecule has 2 aromatic rings. The monoisotopic (exact) mass is 394 g/mol. The quantitative estimate of drug-likeness (QED) is 0.775. The van der Waals surface area contributed by atoms with Crippen LogP contribution in [0.5, 0.6) is 11.5 Å². The van der Waals surface area contributed by atoms with Gasteiger partial charge in [-0.2, -0.15) is 0 Å². The Kier molecular flexibility index (Phi) is 5.95. The second kappa shape index (κ2) is 7.94. The lowest BCUT2D eigenvalue weighted by Crippen LogP contribution is -2.34. The molecule has 0 aliphatic rings. The van der Waals surface area contributed by atoms with E-state index < -0.39 is 5.91 Å². The molecule has 0 atom stereocenters. The van der Waals surface area contributed by atoms with Crippen LogP contribution in [0.4, 0.5) is 5.69 Å². The van der Waals surface area contributed by atoms with Gasteiger partial charge < -0.3 is 14.8 Å². The van der Waals surface area contributed by atoms with Crippen molar-refractivity contribution in [1.82, 2.24) is 5.32 Å². The van der Waals surface area contributed by atoms with E-state index in [1.165, 1.54) is 14.2 Å². The number of carbonyl (C=O) groups excluding carboxylic acids is 1. The minimum absolute atomic E-state index is 0.182. The van der Waals surface area contributed by atoms with Crippen LogP contribution in [0.15, 0.2) is 46.9 Å². The number of halogens is 1. The van der Waals surface area contributed by atoms with Crippen molar-refractivity contribution in [2.45, 2.75) is 0 Å². The third-order valence-corrected chi connectivity index (χ3v) is 3.66. The van der Waals surface area contributed by atoms with Gasteiger partial charge in [-0.1, -0.05) is 28.1 Å². The van der Waals surface area contributed by atoms with Gasteiger partial charge in [-0.15, -0.1) is 0 Å². The van der Waals surface area contributed by atoms with Crippen LogP contribution in [0.2, 0.25) is 0 Å². The molecule has 0 spiro atoms. The van der Waals surface area contributed by atoms with E-state index in [-0.39, 0.29) is 10.7 Å². The van der Waals surface area contributed by atoms with Gasteiger partial charge in [0.05, 0.1) is 14.2 Å². The average molecular weight is 395 g/mol. The first-order valence-corrected chi connectivity index (χ1v) is 7.84. The van der Waals surface area contributed by atoms with Crippen LogP contribution in [0.25, 0.3) is 0 Å². The van der Waals surface area contributed by atoms with Gasteiger partial charge in [0, 0.05) is 10.2 Å². The number of amides is 1. The fraction of sp³-hybridized carbons (Fsp3) is 0.125. The summed E-state index contributed by atoms with van der Waals surface area (Å²) in [7, 11) is 2.98. The molecule has 0 unspecified atom stereocenters. The minimum atomic E-state index is -0.410. The number of benzene rings is 2. The van der Waals surface area contributed by atoms with Crippen LogP contribution < -0.4 is 20.1 Å². The first-order chi connectivity index (χ1) is 11.0. The van der Waals surface area contributed by atoms with E-state index in [0.717, 1.165) is 10.2 Å². The molecule has 0 heterocycles. The molecule has 0 aliphatic heterocycles. The van der Waals surface area contributed by atoms with Crippen LogP contribution in [-0.2, 0) is 0 Å². The summed E-state index contributed by atoms with van der Waals surface area (Å²) in [6, 6.07) is 12.6. The molecule has 2 rings (SSSR count). The van der Waals surface area contributed by atoms with E-state index in [9.17, 15) is 4.79 Å². The number of rotatable bonds is 4. The Morgan fingerprint density at radius 3 is 2.26 bits per heavy atom. The molecule has 23 heavy (non-hydrogen) atoms. The summed E-state index contributed by atoms with van der Waals surface area (Å²) in [6.07, 6.45) is 0. The van der Waals surface area contributed by atoms with Crippen molar-refractivity contribution < 1.29 is 14.3 Å². The molecule has 0 saturated heterocycles. The molecule has 2 N–H and O–H groups in total. The van der Waals surface area contributed by atoms with Gasteiger partial charge in [-0.25, -0.2) is 0 Å². The summed E-state index contributed by atoms with van der Waals surface area (Å²) in [6.45, 7) is 0. The lowest BCUT2D eigenvalue weighted by molar-refractivity contribution is 0.0971. The second-order valence-electron chi connectivity index (χ2n) is 4.46. The Bertz CT molecular complexity index is 715. The summed E-state index contributed by atoms with van der Waals surface area (Å²) >= 11 is 8.55. The number of hydrogen-bond donors (Lipinski definition) is 2. The number of anilines is 1. The van der Waals surface area contributed by atoms with Gasteiger partial charge in [-0.05, 0) is 42.5 Å². The van der Waals surface area contributed by atoms with Crippen molar-refractivity contribution in [3.63, 3.8) is 0 Å². The SMILES string of the molecule is COc1cccc(OC)c1C(=O)NC(=S)Nc1cccc(Br)c1. The normalized spacial score (nSPS) is 9.87. The zero-order valence-corrected chi connectivity index (χ0v) is 15.0. The van der Waals surface area contributed by atoms with Gasteiger partial charge in [0.15, 0.2) is 5.11 Å². The first kappa shape index (κ1) is 17.2. The highest BCUT2D eigenvalue weighted by Crippen LogP contribution is 2.28. The maximum Gasteiger partial charge on any atom is 0.264 e. The average Bonchev–Trinajstić information content (AvgIpc) is 2.53. The predicted octanol–water partition coefficient (Wildman–Crippen LogP) is 3.59. The van der Waals surface area contributed by atoms with Crippen molar-refractivity contribution in [3.8, 4) is 11.5 Å². The second-order valence-corrected chi connectivity index (χ2v) is 5.78. The number of methoxy groups -OCH3 is 2. The summed E-state index contributed by atoms with van der Waals surface area (Å²) < 4.78 is 11.3. The summed E-state index contributed by atoms with van der Waals surface area (Å²) in [5.74, 6) is 0.408. The third kappa shape index (κ3) is 4.43. The van der Waals surface area contributed by atoms with E-state index in [1.807, 2.05) is 24.3 Å². The molecular formula is C16H15BrN2O3S. The molecule has 5 nitrogen and oxygen atoms in total. The summed E-state index contributed by atoms with van der Waals surface area (Å²) in [5, 5.41) is 5.75. The van der Waals surface area contributed by atoms with Crippen molar-refractivity contribution >= 4 is 44.9 Å². The highest BCUT2D eigenvalue weighted by atomic mass is 79.9. The Morgan fingerprint density at radius 2 is 1.70 bits per heavy atom. The number of nitrogens with one attached hydrogen (secondary N) is 2. The first-order valence-electron chi connectivity index (χ1n) is 6.64. The highest BCUT2D eigenvalue weighted by Gasteiger charge is 2.19. The Balaban J connectivity index is 2.14. The highest BCUT2D eigenvalue weighted by molar-refractivity contribution is 9.10. The maximum absolute atomic E-state index is 12.5. The molecule has 2 aromatic carbocycles. The fourth-order valence-electron chi connectivity index (χ4n) is 1.97. The molecule has 1 amide bonds. The van der Waals surface area contributed by atoms with Crippen molar-refractivity contribution in [3.05, 3.63) is 52.5 Å². The number of ether oxygens (including phenoxy) is 2. The fourth-order valence-corrected chi connectivity index (χ4v) is 2.58. The van der Waals surface area contributed by atoms with Crippen molar-refractivity contribution in [2.75, 3.05) is 19.5 Å². The molecule has 0 aliphatic carbocycles. The topological polar surface area (TPSA) is 59.6 Å². The van der Waals surface area contributed by atoms with Crippen LogP contribution in [0.3, 0.4) is 0 Å². The molecule has 0 radical (unpaired) electrons. The molecule has 0 saturated carbocycles. The largest absolute Gasteiger partial charge is 0.496 e. The summed E-state index contributed by atoms with van der Waals surface area (Å²) in [4.78, 5) is 12.5. The van der Waals surface area contributed by atoms with E-state index in [0.29, 0.717) is 11.5 Å². The molecule has 0 fully saturated rings. The van der Waals surface area contributed by atoms with Crippen LogP contribution >= 0.6 is 28.1 Å². The molecule has 7 heteroatoms. The predicted molar refractivity (Wildman–Crippen MR) is 97.4 cm³/mol. The van der Waals surface area contributed by atoms with E-state index in [1.54, 1.807) is 18.2 Å². The van der Waals surface area contributed by atoms with Crippen LogP contribution in [0.1, 0.15) is 10.4 Å². The maximum atomic E-state index is 12.5. The van der Waals surface area contributed by atoms with Gasteiger partial charge >= 0.3 is 0 Å². The zero-order valence-electron chi connectivity index (χ0n) is 12.6. The third-order valence-electron chi connectivity index (χ3n) is 2.96. The van der Waals surface area contributed by atoms with Gasteiger partial charge in [0.2, 0.25) is 0 Å².